The van der Waals surface area contributed by atoms with Crippen molar-refractivity contribution in [3.05, 3.63) is 64.6 Å². The van der Waals surface area contributed by atoms with Crippen LogP contribution in [-0.2, 0) is 7.05 Å². The summed E-state index contributed by atoms with van der Waals surface area (Å²) in [6, 6.07) is 9.31. The van der Waals surface area contributed by atoms with E-state index in [4.69, 9.17) is 17.3 Å². The topological polar surface area (TPSA) is 48.0 Å². The van der Waals surface area contributed by atoms with Crippen LogP contribution in [0.2, 0.25) is 5.02 Å². The molecular formula is C16H12ClFN2O. The average molecular weight is 303 g/mol. The van der Waals surface area contributed by atoms with Gasteiger partial charge in [-0.2, -0.15) is 0 Å². The summed E-state index contributed by atoms with van der Waals surface area (Å²) >= 11 is 5.97. The van der Waals surface area contributed by atoms with E-state index in [1.807, 2.05) is 7.05 Å². The zero-order valence-electron chi connectivity index (χ0n) is 11.2. The Morgan fingerprint density at radius 3 is 2.67 bits per heavy atom. The van der Waals surface area contributed by atoms with Crippen LogP contribution in [0.3, 0.4) is 0 Å². The molecule has 0 saturated heterocycles. The Morgan fingerprint density at radius 1 is 1.19 bits per heavy atom. The second kappa shape index (κ2) is 4.90. The maximum absolute atomic E-state index is 13.9. The van der Waals surface area contributed by atoms with E-state index in [9.17, 15) is 9.18 Å². The third kappa shape index (κ3) is 2.28. The van der Waals surface area contributed by atoms with Crippen LogP contribution in [0.15, 0.2) is 42.6 Å². The molecule has 2 aromatic carbocycles. The first kappa shape index (κ1) is 13.6. The van der Waals surface area contributed by atoms with Crippen molar-refractivity contribution in [1.82, 2.24) is 4.57 Å². The summed E-state index contributed by atoms with van der Waals surface area (Å²) in [7, 11) is 1.81. The number of nitrogen functional groups attached to an aromatic ring is 1. The van der Waals surface area contributed by atoms with E-state index in [0.29, 0.717) is 10.6 Å². The van der Waals surface area contributed by atoms with Crippen molar-refractivity contribution < 1.29 is 9.18 Å². The summed E-state index contributed by atoms with van der Waals surface area (Å²) in [5, 5.41) is 1.32. The molecule has 0 aliphatic rings. The molecule has 3 nitrogen and oxygen atoms in total. The Labute approximate surface area is 125 Å². The first-order chi connectivity index (χ1) is 9.97. The fourth-order valence-corrected chi connectivity index (χ4v) is 2.56. The molecule has 0 amide bonds. The second-order valence-electron chi connectivity index (χ2n) is 4.88. The third-order valence-electron chi connectivity index (χ3n) is 3.44. The molecule has 0 spiro atoms. The molecule has 0 unspecified atom stereocenters. The number of nitrogens with two attached hydrogens (primary N) is 1. The lowest BCUT2D eigenvalue weighted by molar-refractivity contribution is 0.103. The molecular weight excluding hydrogens is 291 g/mol. The summed E-state index contributed by atoms with van der Waals surface area (Å²) in [5.41, 5.74) is 7.06. The molecule has 0 aliphatic carbocycles. The summed E-state index contributed by atoms with van der Waals surface area (Å²) in [6.45, 7) is 0. The van der Waals surface area contributed by atoms with Gasteiger partial charge < -0.3 is 10.3 Å². The molecule has 0 atom stereocenters. The molecule has 0 fully saturated rings. The van der Waals surface area contributed by atoms with Gasteiger partial charge >= 0.3 is 0 Å². The Kier molecular flexibility index (Phi) is 3.18. The number of rotatable bonds is 2. The SMILES string of the molecule is Cn1cc(C(=O)c2ccc(N)cc2F)c2ccc(Cl)cc21. The number of anilines is 1. The summed E-state index contributed by atoms with van der Waals surface area (Å²) in [4.78, 5) is 12.6. The number of aromatic nitrogens is 1. The molecule has 2 N–H and O–H groups in total. The zero-order chi connectivity index (χ0) is 15.1. The Balaban J connectivity index is 2.18. The first-order valence-corrected chi connectivity index (χ1v) is 6.69. The van der Waals surface area contributed by atoms with Gasteiger partial charge in [0, 0.05) is 40.4 Å². The minimum atomic E-state index is -0.619. The van der Waals surface area contributed by atoms with Crippen molar-refractivity contribution in [2.45, 2.75) is 0 Å². The fraction of sp³-hybridized carbons (Fsp3) is 0.0625. The van der Waals surface area contributed by atoms with Crippen LogP contribution in [0.5, 0.6) is 0 Å². The number of hydrogen-bond donors (Lipinski definition) is 1. The predicted octanol–water partition coefficient (Wildman–Crippen LogP) is 3.78. The van der Waals surface area contributed by atoms with Gasteiger partial charge in [-0.3, -0.25) is 4.79 Å². The van der Waals surface area contributed by atoms with Crippen molar-refractivity contribution >= 4 is 34.0 Å². The molecule has 0 radical (unpaired) electrons. The maximum atomic E-state index is 13.9. The van der Waals surface area contributed by atoms with Gasteiger partial charge in [-0.15, -0.1) is 0 Å². The van der Waals surface area contributed by atoms with Gasteiger partial charge in [0.25, 0.3) is 0 Å². The van der Waals surface area contributed by atoms with E-state index in [0.717, 1.165) is 17.0 Å². The highest BCUT2D eigenvalue weighted by molar-refractivity contribution is 6.31. The van der Waals surface area contributed by atoms with E-state index in [-0.39, 0.29) is 17.0 Å². The molecule has 106 valence electrons. The van der Waals surface area contributed by atoms with E-state index in [2.05, 4.69) is 0 Å². The predicted molar refractivity (Wildman–Crippen MR) is 82.2 cm³/mol. The number of halogens is 2. The van der Waals surface area contributed by atoms with E-state index < -0.39 is 5.82 Å². The highest BCUT2D eigenvalue weighted by Crippen LogP contribution is 2.27. The molecule has 3 aromatic rings. The Bertz CT molecular complexity index is 870. The minimum absolute atomic E-state index is 0.00616. The van der Waals surface area contributed by atoms with Crippen molar-refractivity contribution in [3.8, 4) is 0 Å². The number of nitrogens with zero attached hydrogens (tertiary/aromatic N) is 1. The molecule has 5 heteroatoms. The number of ketones is 1. The lowest BCUT2D eigenvalue weighted by atomic mass is 10.0. The highest BCUT2D eigenvalue weighted by Gasteiger charge is 2.19. The van der Waals surface area contributed by atoms with Crippen LogP contribution < -0.4 is 5.73 Å². The largest absolute Gasteiger partial charge is 0.399 e. The van der Waals surface area contributed by atoms with Crippen LogP contribution >= 0.6 is 11.6 Å². The van der Waals surface area contributed by atoms with Crippen LogP contribution in [0, 0.1) is 5.82 Å². The molecule has 1 aromatic heterocycles. The fourth-order valence-electron chi connectivity index (χ4n) is 2.40. The highest BCUT2D eigenvalue weighted by atomic mass is 35.5. The average Bonchev–Trinajstić information content (AvgIpc) is 2.75. The number of fused-ring (bicyclic) bond motifs is 1. The van der Waals surface area contributed by atoms with Gasteiger partial charge in [0.05, 0.1) is 5.56 Å². The molecule has 0 aliphatic heterocycles. The maximum Gasteiger partial charge on any atom is 0.198 e. The van der Waals surface area contributed by atoms with Gasteiger partial charge in [-0.25, -0.2) is 4.39 Å². The third-order valence-corrected chi connectivity index (χ3v) is 3.67. The van der Waals surface area contributed by atoms with Crippen molar-refractivity contribution in [3.63, 3.8) is 0 Å². The summed E-state index contributed by atoms with van der Waals surface area (Å²) < 4.78 is 15.7. The van der Waals surface area contributed by atoms with Crippen LogP contribution in [0.1, 0.15) is 15.9 Å². The normalized spacial score (nSPS) is 11.0. The minimum Gasteiger partial charge on any atom is -0.399 e. The van der Waals surface area contributed by atoms with Crippen molar-refractivity contribution in [2.24, 2.45) is 7.05 Å². The second-order valence-corrected chi connectivity index (χ2v) is 5.32. The lowest BCUT2D eigenvalue weighted by Crippen LogP contribution is -2.04. The van der Waals surface area contributed by atoms with Gasteiger partial charge in [0.2, 0.25) is 0 Å². The molecule has 0 bridgehead atoms. The monoisotopic (exact) mass is 302 g/mol. The van der Waals surface area contributed by atoms with Crippen molar-refractivity contribution in [2.75, 3.05) is 5.73 Å². The quantitative estimate of drug-likeness (QED) is 0.578. The summed E-state index contributed by atoms with van der Waals surface area (Å²) in [5.74, 6) is -0.994. The number of aryl methyl sites for hydroxylation is 1. The van der Waals surface area contributed by atoms with Crippen LogP contribution in [-0.4, -0.2) is 10.4 Å². The zero-order valence-corrected chi connectivity index (χ0v) is 12.0. The van der Waals surface area contributed by atoms with E-state index >= 15 is 0 Å². The van der Waals surface area contributed by atoms with E-state index in [1.54, 1.807) is 29.0 Å². The molecule has 1 heterocycles. The molecule has 3 rings (SSSR count). The van der Waals surface area contributed by atoms with Crippen molar-refractivity contribution in [1.29, 1.82) is 0 Å². The standard InChI is InChI=1S/C16H12ClFN2O/c1-20-8-13(11-4-2-9(17)6-15(11)20)16(21)12-5-3-10(19)7-14(12)18/h2-8H,19H2,1H3. The van der Waals surface area contributed by atoms with Gasteiger partial charge in [0.1, 0.15) is 5.82 Å². The van der Waals surface area contributed by atoms with Gasteiger partial charge in [-0.1, -0.05) is 17.7 Å². The van der Waals surface area contributed by atoms with Gasteiger partial charge in [-0.05, 0) is 30.3 Å². The van der Waals surface area contributed by atoms with Crippen LogP contribution in [0.25, 0.3) is 10.9 Å². The number of benzene rings is 2. The number of carbonyl (C=O) groups excluding carboxylic acids is 1. The lowest BCUT2D eigenvalue weighted by Gasteiger charge is -2.03. The van der Waals surface area contributed by atoms with E-state index in [1.165, 1.54) is 12.1 Å². The Morgan fingerprint density at radius 2 is 1.95 bits per heavy atom. The number of hydrogen-bond acceptors (Lipinski definition) is 2. The smallest absolute Gasteiger partial charge is 0.198 e. The summed E-state index contributed by atoms with van der Waals surface area (Å²) in [6.07, 6.45) is 1.68. The number of carbonyl (C=O) groups is 1. The first-order valence-electron chi connectivity index (χ1n) is 6.31. The molecule has 21 heavy (non-hydrogen) atoms. The Hall–Kier alpha value is -2.33. The van der Waals surface area contributed by atoms with Crippen LogP contribution in [0.4, 0.5) is 10.1 Å². The van der Waals surface area contributed by atoms with Gasteiger partial charge in [0.15, 0.2) is 5.78 Å². The molecule has 0 saturated carbocycles.